The van der Waals surface area contributed by atoms with E-state index in [0.717, 1.165) is 21.1 Å². The van der Waals surface area contributed by atoms with Gasteiger partial charge in [-0.05, 0) is 29.2 Å². The molecular weight excluding hydrogens is 304 g/mol. The van der Waals surface area contributed by atoms with Gasteiger partial charge in [-0.25, -0.2) is 0 Å². The zero-order valence-electron chi connectivity index (χ0n) is 9.52. The first kappa shape index (κ1) is 14.2. The molecule has 0 aromatic heterocycles. The second-order valence-corrected chi connectivity index (χ2v) is 6.25. The van der Waals surface area contributed by atoms with Gasteiger partial charge in [-0.3, -0.25) is 0 Å². The standard InChI is InChI=1S/C12H15BrClOSi/c1-12(2,8-16)7-15-6-9-5-10(13)3-4-11(9)14/h3-5H,6-8H2,1-2H3. The minimum Gasteiger partial charge on any atom is -0.376 e. The lowest BCUT2D eigenvalue weighted by molar-refractivity contribution is 0.0602. The summed E-state index contributed by atoms with van der Waals surface area (Å²) in [5.74, 6) is 0. The molecule has 0 N–H and O–H groups in total. The molecule has 3 radical (unpaired) electrons. The molecule has 1 rings (SSSR count). The maximum absolute atomic E-state index is 6.07. The summed E-state index contributed by atoms with van der Waals surface area (Å²) >= 11 is 9.49. The fourth-order valence-corrected chi connectivity index (χ4v) is 1.82. The lowest BCUT2D eigenvalue weighted by Gasteiger charge is -2.22. The molecule has 0 amide bonds. The van der Waals surface area contributed by atoms with Crippen LogP contribution >= 0.6 is 27.5 Å². The van der Waals surface area contributed by atoms with Gasteiger partial charge in [0.05, 0.1) is 13.2 Å². The van der Waals surface area contributed by atoms with E-state index in [9.17, 15) is 0 Å². The Morgan fingerprint density at radius 3 is 2.75 bits per heavy atom. The Kier molecular flexibility index (Phi) is 5.51. The third kappa shape index (κ3) is 4.58. The van der Waals surface area contributed by atoms with Crippen molar-refractivity contribution in [2.45, 2.75) is 26.5 Å². The lowest BCUT2D eigenvalue weighted by atomic mass is 9.98. The number of hydrogen-bond donors (Lipinski definition) is 0. The Bertz CT molecular complexity index is 355. The molecule has 0 saturated carbocycles. The summed E-state index contributed by atoms with van der Waals surface area (Å²) in [7, 11) is 3.52. The second kappa shape index (κ2) is 6.19. The van der Waals surface area contributed by atoms with E-state index in [0.29, 0.717) is 13.2 Å². The van der Waals surface area contributed by atoms with E-state index in [4.69, 9.17) is 16.3 Å². The molecule has 0 bridgehead atoms. The minimum atomic E-state index is 0.148. The van der Waals surface area contributed by atoms with Crippen LogP contribution in [0, 0.1) is 5.41 Å². The van der Waals surface area contributed by atoms with E-state index in [-0.39, 0.29) is 5.41 Å². The fraction of sp³-hybridized carbons (Fsp3) is 0.500. The molecule has 1 aromatic rings. The Balaban J connectivity index is 2.52. The lowest BCUT2D eigenvalue weighted by Crippen LogP contribution is -2.18. The summed E-state index contributed by atoms with van der Waals surface area (Å²) in [6.45, 7) is 5.57. The van der Waals surface area contributed by atoms with Crippen LogP contribution in [0.3, 0.4) is 0 Å². The summed E-state index contributed by atoms with van der Waals surface area (Å²) in [5, 5.41) is 0.749. The molecule has 0 saturated heterocycles. The molecule has 0 spiro atoms. The van der Waals surface area contributed by atoms with Crippen molar-refractivity contribution < 1.29 is 4.74 Å². The molecule has 87 valence electrons. The van der Waals surface area contributed by atoms with Crippen LogP contribution in [-0.2, 0) is 11.3 Å². The number of rotatable bonds is 5. The van der Waals surface area contributed by atoms with Gasteiger partial charge in [-0.1, -0.05) is 47.4 Å². The van der Waals surface area contributed by atoms with Crippen molar-refractivity contribution in [1.29, 1.82) is 0 Å². The highest BCUT2D eigenvalue weighted by atomic mass is 79.9. The Hall–Kier alpha value is 0.167. The van der Waals surface area contributed by atoms with Gasteiger partial charge >= 0.3 is 0 Å². The number of benzene rings is 1. The van der Waals surface area contributed by atoms with Gasteiger partial charge in [0.25, 0.3) is 0 Å². The monoisotopic (exact) mass is 317 g/mol. The number of hydrogen-bond acceptors (Lipinski definition) is 1. The molecule has 0 aliphatic rings. The predicted molar refractivity (Wildman–Crippen MR) is 73.2 cm³/mol. The zero-order valence-corrected chi connectivity index (χ0v) is 12.9. The molecule has 0 unspecified atom stereocenters. The van der Waals surface area contributed by atoms with Crippen LogP contribution in [0.15, 0.2) is 22.7 Å². The largest absolute Gasteiger partial charge is 0.376 e. The van der Waals surface area contributed by atoms with Gasteiger partial charge in [0, 0.05) is 19.7 Å². The Morgan fingerprint density at radius 2 is 2.12 bits per heavy atom. The first-order valence-electron chi connectivity index (χ1n) is 5.11. The van der Waals surface area contributed by atoms with E-state index >= 15 is 0 Å². The van der Waals surface area contributed by atoms with Crippen molar-refractivity contribution in [3.05, 3.63) is 33.3 Å². The molecule has 0 aliphatic heterocycles. The molecule has 1 nitrogen and oxygen atoms in total. The molecule has 1 aromatic carbocycles. The molecule has 0 atom stereocenters. The van der Waals surface area contributed by atoms with Gasteiger partial charge < -0.3 is 4.74 Å². The quantitative estimate of drug-likeness (QED) is 0.738. The maximum Gasteiger partial charge on any atom is 0.0732 e. The van der Waals surface area contributed by atoms with Gasteiger partial charge in [0.15, 0.2) is 0 Å². The highest BCUT2D eigenvalue weighted by molar-refractivity contribution is 9.10. The van der Waals surface area contributed by atoms with Crippen molar-refractivity contribution in [3.8, 4) is 0 Å². The number of ether oxygens (including phenoxy) is 1. The van der Waals surface area contributed by atoms with Crippen molar-refractivity contribution in [2.24, 2.45) is 5.41 Å². The topological polar surface area (TPSA) is 9.23 Å². The molecule has 0 heterocycles. The SMILES string of the molecule is CC(C)(C[Si])COCc1cc(Br)ccc1Cl. The summed E-state index contributed by atoms with van der Waals surface area (Å²) in [5.41, 5.74) is 1.16. The van der Waals surface area contributed by atoms with Crippen LogP contribution in [0.2, 0.25) is 11.1 Å². The molecule has 0 fully saturated rings. The third-order valence-corrected chi connectivity index (χ3v) is 4.06. The summed E-state index contributed by atoms with van der Waals surface area (Å²) in [4.78, 5) is 0. The average Bonchev–Trinajstić information content (AvgIpc) is 2.23. The van der Waals surface area contributed by atoms with Crippen LogP contribution in [-0.4, -0.2) is 16.8 Å². The van der Waals surface area contributed by atoms with E-state index < -0.39 is 0 Å². The average molecular weight is 319 g/mol. The molecule has 4 heteroatoms. The highest BCUT2D eigenvalue weighted by Crippen LogP contribution is 2.24. The first-order chi connectivity index (χ1) is 7.44. The smallest absolute Gasteiger partial charge is 0.0732 e. The van der Waals surface area contributed by atoms with Crippen LogP contribution in [0.4, 0.5) is 0 Å². The minimum absolute atomic E-state index is 0.148. The third-order valence-electron chi connectivity index (χ3n) is 2.24. The van der Waals surface area contributed by atoms with Crippen molar-refractivity contribution in [3.63, 3.8) is 0 Å². The van der Waals surface area contributed by atoms with Gasteiger partial charge in [0.1, 0.15) is 0 Å². The predicted octanol–water partition coefficient (Wildman–Crippen LogP) is 4.23. The summed E-state index contributed by atoms with van der Waals surface area (Å²) in [6.07, 6.45) is 0. The summed E-state index contributed by atoms with van der Waals surface area (Å²) in [6, 6.07) is 6.70. The van der Waals surface area contributed by atoms with Crippen LogP contribution in [0.1, 0.15) is 19.4 Å². The Morgan fingerprint density at radius 1 is 1.44 bits per heavy atom. The van der Waals surface area contributed by atoms with Crippen LogP contribution < -0.4 is 0 Å². The molecule has 0 aliphatic carbocycles. The van der Waals surface area contributed by atoms with Crippen molar-refractivity contribution in [1.82, 2.24) is 0 Å². The Labute approximate surface area is 114 Å². The zero-order chi connectivity index (χ0) is 12.2. The first-order valence-corrected chi connectivity index (χ1v) is 6.99. The van der Waals surface area contributed by atoms with Gasteiger partial charge in [-0.15, -0.1) is 0 Å². The van der Waals surface area contributed by atoms with Crippen molar-refractivity contribution >= 4 is 37.8 Å². The van der Waals surface area contributed by atoms with Gasteiger partial charge in [-0.2, -0.15) is 0 Å². The van der Waals surface area contributed by atoms with E-state index in [1.54, 1.807) is 0 Å². The highest BCUT2D eigenvalue weighted by Gasteiger charge is 2.15. The number of halogens is 2. The molecule has 16 heavy (non-hydrogen) atoms. The van der Waals surface area contributed by atoms with E-state index in [2.05, 4.69) is 40.0 Å². The maximum atomic E-state index is 6.07. The molecular formula is C12H15BrClOSi. The van der Waals surface area contributed by atoms with Crippen molar-refractivity contribution in [2.75, 3.05) is 6.61 Å². The normalized spacial score (nSPS) is 11.8. The van der Waals surface area contributed by atoms with Crippen LogP contribution in [0.25, 0.3) is 0 Å². The second-order valence-electron chi connectivity index (χ2n) is 4.57. The van der Waals surface area contributed by atoms with E-state index in [1.165, 1.54) is 0 Å². The fourth-order valence-electron chi connectivity index (χ4n) is 1.14. The summed E-state index contributed by atoms with van der Waals surface area (Å²) < 4.78 is 6.70. The van der Waals surface area contributed by atoms with Crippen LogP contribution in [0.5, 0.6) is 0 Å². The van der Waals surface area contributed by atoms with E-state index in [1.807, 2.05) is 18.2 Å². The van der Waals surface area contributed by atoms with Gasteiger partial charge in [0.2, 0.25) is 0 Å².